The van der Waals surface area contributed by atoms with E-state index >= 15 is 0 Å². The number of nitrogens with one attached hydrogen (secondary N) is 1. The first-order chi connectivity index (χ1) is 23.6. The predicted molar refractivity (Wildman–Crippen MR) is 176 cm³/mol. The zero-order valence-corrected chi connectivity index (χ0v) is 28.3. The monoisotopic (exact) mass is 698 g/mol. The third kappa shape index (κ3) is 8.37. The SMILES string of the molecule is CCOC(=O)C1(COc2cc(-c3ccc(F)cc3)cc3c(N[C@H](C)c4cnc(C(F)(F)F)nc4)ncnc23)CCN(C(=O)OC(C)(C)C)CC1. The van der Waals surface area contributed by atoms with Gasteiger partial charge in [-0.1, -0.05) is 12.1 Å². The van der Waals surface area contributed by atoms with Gasteiger partial charge in [-0.25, -0.2) is 29.1 Å². The Bertz CT molecular complexity index is 1820. The lowest BCUT2D eigenvalue weighted by Gasteiger charge is -2.39. The Balaban J connectivity index is 1.48. The van der Waals surface area contributed by atoms with Gasteiger partial charge in [0.15, 0.2) is 0 Å². The van der Waals surface area contributed by atoms with Crippen molar-refractivity contribution in [1.82, 2.24) is 24.8 Å². The minimum atomic E-state index is -4.67. The fraction of sp³-hybridized carbons (Fsp3) is 0.429. The van der Waals surface area contributed by atoms with Crippen LogP contribution in [-0.4, -0.2) is 68.8 Å². The van der Waals surface area contributed by atoms with Crippen molar-refractivity contribution in [3.8, 4) is 16.9 Å². The molecule has 1 aliphatic heterocycles. The van der Waals surface area contributed by atoms with Gasteiger partial charge in [-0.15, -0.1) is 0 Å². The molecule has 0 saturated carbocycles. The maximum Gasteiger partial charge on any atom is 0.451 e. The van der Waals surface area contributed by atoms with E-state index in [9.17, 15) is 27.2 Å². The van der Waals surface area contributed by atoms with E-state index in [1.807, 2.05) is 0 Å². The topological polar surface area (TPSA) is 129 Å². The fourth-order valence-corrected chi connectivity index (χ4v) is 5.52. The predicted octanol–water partition coefficient (Wildman–Crippen LogP) is 7.38. The summed E-state index contributed by atoms with van der Waals surface area (Å²) in [5, 5.41) is 3.70. The molecule has 50 heavy (non-hydrogen) atoms. The number of esters is 1. The summed E-state index contributed by atoms with van der Waals surface area (Å²) in [6.07, 6.45) is -1.12. The van der Waals surface area contributed by atoms with Crippen LogP contribution in [0, 0.1) is 11.2 Å². The van der Waals surface area contributed by atoms with Crippen LogP contribution in [0.2, 0.25) is 0 Å². The van der Waals surface area contributed by atoms with Crippen LogP contribution in [0.25, 0.3) is 22.0 Å². The minimum absolute atomic E-state index is 0.0952. The summed E-state index contributed by atoms with van der Waals surface area (Å²) < 4.78 is 70.4. The number of hydrogen-bond acceptors (Lipinski definition) is 10. The van der Waals surface area contributed by atoms with Crippen LogP contribution in [0.5, 0.6) is 5.75 Å². The van der Waals surface area contributed by atoms with Gasteiger partial charge in [-0.2, -0.15) is 13.2 Å². The van der Waals surface area contributed by atoms with E-state index in [1.54, 1.807) is 63.8 Å². The van der Waals surface area contributed by atoms with Crippen molar-refractivity contribution in [3.63, 3.8) is 0 Å². The molecule has 1 amide bonds. The summed E-state index contributed by atoms with van der Waals surface area (Å²) in [7, 11) is 0. The molecular formula is C35H38F4N6O5. The highest BCUT2D eigenvalue weighted by molar-refractivity contribution is 5.96. The second kappa shape index (κ2) is 14.4. The van der Waals surface area contributed by atoms with Crippen LogP contribution >= 0.6 is 0 Å². The van der Waals surface area contributed by atoms with Crippen LogP contribution in [-0.2, 0) is 20.4 Å². The number of halogens is 4. The number of likely N-dealkylation sites (tertiary alicyclic amines) is 1. The largest absolute Gasteiger partial charge is 0.490 e. The van der Waals surface area contributed by atoms with Gasteiger partial charge in [-0.3, -0.25) is 4.79 Å². The number of ether oxygens (including phenoxy) is 3. The summed E-state index contributed by atoms with van der Waals surface area (Å²) in [6.45, 7) is 9.33. The summed E-state index contributed by atoms with van der Waals surface area (Å²) in [5.41, 5.74) is 0.284. The lowest BCUT2D eigenvalue weighted by atomic mass is 9.79. The first-order valence-electron chi connectivity index (χ1n) is 16.1. The third-order valence-corrected chi connectivity index (χ3v) is 8.24. The number of rotatable bonds is 9. The molecule has 0 unspecified atom stereocenters. The Hall–Kier alpha value is -5.08. The molecule has 11 nitrogen and oxygen atoms in total. The van der Waals surface area contributed by atoms with Gasteiger partial charge in [0, 0.05) is 36.4 Å². The van der Waals surface area contributed by atoms with Gasteiger partial charge in [0.25, 0.3) is 0 Å². The average Bonchev–Trinajstić information content (AvgIpc) is 3.07. The molecule has 1 fully saturated rings. The Morgan fingerprint density at radius 3 is 2.24 bits per heavy atom. The van der Waals surface area contributed by atoms with Crippen molar-refractivity contribution in [2.24, 2.45) is 5.41 Å². The van der Waals surface area contributed by atoms with Gasteiger partial charge in [-0.05, 0) is 82.9 Å². The number of carbonyl (C=O) groups excluding carboxylic acids is 2. The number of nitrogens with zero attached hydrogens (tertiary/aromatic N) is 5. The molecule has 5 rings (SSSR count). The second-order valence-corrected chi connectivity index (χ2v) is 13.1. The van der Waals surface area contributed by atoms with Crippen molar-refractivity contribution in [2.75, 3.05) is 31.6 Å². The number of anilines is 1. The smallest absolute Gasteiger partial charge is 0.451 e. The lowest BCUT2D eigenvalue weighted by Crippen LogP contribution is -2.50. The summed E-state index contributed by atoms with van der Waals surface area (Å²) in [6, 6.07) is 8.79. The van der Waals surface area contributed by atoms with E-state index < -0.39 is 46.9 Å². The molecule has 0 radical (unpaired) electrons. The molecule has 15 heteroatoms. The Morgan fingerprint density at radius 2 is 1.64 bits per heavy atom. The van der Waals surface area contributed by atoms with Gasteiger partial charge >= 0.3 is 18.2 Å². The molecule has 2 aromatic carbocycles. The normalized spacial score (nSPS) is 15.3. The molecule has 4 aromatic rings. The molecule has 1 saturated heterocycles. The molecule has 266 valence electrons. The second-order valence-electron chi connectivity index (χ2n) is 13.1. The van der Waals surface area contributed by atoms with Gasteiger partial charge in [0.05, 0.1) is 12.6 Å². The highest BCUT2D eigenvalue weighted by atomic mass is 19.4. The van der Waals surface area contributed by atoms with Gasteiger partial charge in [0.1, 0.15) is 46.9 Å². The highest BCUT2D eigenvalue weighted by Crippen LogP contribution is 2.39. The number of piperidine rings is 1. The molecule has 0 aliphatic carbocycles. The molecule has 3 heterocycles. The number of alkyl halides is 3. The number of hydrogen-bond donors (Lipinski definition) is 1. The van der Waals surface area contributed by atoms with Crippen LogP contribution in [0.1, 0.15) is 64.9 Å². The number of aromatic nitrogens is 4. The van der Waals surface area contributed by atoms with E-state index in [-0.39, 0.29) is 39.1 Å². The van der Waals surface area contributed by atoms with Crippen LogP contribution in [0.3, 0.4) is 0 Å². The first-order valence-corrected chi connectivity index (χ1v) is 16.1. The van der Waals surface area contributed by atoms with Crippen LogP contribution < -0.4 is 10.1 Å². The maximum absolute atomic E-state index is 13.9. The van der Waals surface area contributed by atoms with Crippen molar-refractivity contribution in [2.45, 2.75) is 65.3 Å². The van der Waals surface area contributed by atoms with E-state index in [0.717, 1.165) is 12.4 Å². The number of carbonyl (C=O) groups is 2. The van der Waals surface area contributed by atoms with Crippen LogP contribution in [0.15, 0.2) is 55.1 Å². The van der Waals surface area contributed by atoms with Crippen molar-refractivity contribution < 1.29 is 41.4 Å². The Morgan fingerprint density at radius 1 is 0.980 bits per heavy atom. The molecule has 0 spiro atoms. The van der Waals surface area contributed by atoms with Gasteiger partial charge in [0.2, 0.25) is 5.82 Å². The molecular weight excluding hydrogens is 660 g/mol. The first kappa shape index (κ1) is 36.2. The third-order valence-electron chi connectivity index (χ3n) is 8.24. The summed E-state index contributed by atoms with van der Waals surface area (Å²) >= 11 is 0. The van der Waals surface area contributed by atoms with E-state index in [1.165, 1.54) is 18.5 Å². The number of benzene rings is 2. The molecule has 1 N–H and O–H groups in total. The quantitative estimate of drug-likeness (QED) is 0.140. The van der Waals surface area contributed by atoms with Gasteiger partial charge < -0.3 is 24.4 Å². The highest BCUT2D eigenvalue weighted by Gasteiger charge is 2.45. The zero-order valence-electron chi connectivity index (χ0n) is 28.3. The Kier molecular flexibility index (Phi) is 10.4. The van der Waals surface area contributed by atoms with Crippen molar-refractivity contribution >= 4 is 28.8 Å². The fourth-order valence-electron chi connectivity index (χ4n) is 5.52. The minimum Gasteiger partial charge on any atom is -0.490 e. The Labute approximate surface area is 286 Å². The zero-order chi connectivity index (χ0) is 36.3. The molecule has 0 bridgehead atoms. The van der Waals surface area contributed by atoms with Crippen LogP contribution in [0.4, 0.5) is 28.2 Å². The lowest BCUT2D eigenvalue weighted by molar-refractivity contribution is -0.161. The van der Waals surface area contributed by atoms with E-state index in [0.29, 0.717) is 39.2 Å². The standard InChI is InChI=1S/C35H38F4N6O5/c1-6-48-31(46)34(11-13-45(14-12-34)32(47)50-33(3,4)5)19-49-27-16-23(22-7-9-25(36)10-8-22)15-26-28(27)42-20-43-29(26)44-21(2)24-17-40-30(41-18-24)35(37,38)39/h7-10,15-18,20-21H,6,11-14,19H2,1-5H3,(H,42,43,44)/t21-/m1/s1. The molecule has 1 atom stereocenters. The van der Waals surface area contributed by atoms with Crippen molar-refractivity contribution in [1.29, 1.82) is 0 Å². The van der Waals surface area contributed by atoms with Crippen molar-refractivity contribution in [3.05, 3.63) is 72.3 Å². The summed E-state index contributed by atoms with van der Waals surface area (Å²) in [4.78, 5) is 43.5. The average molecular weight is 699 g/mol. The van der Waals surface area contributed by atoms with E-state index in [2.05, 4.69) is 25.3 Å². The maximum atomic E-state index is 13.9. The van der Waals surface area contributed by atoms with E-state index in [4.69, 9.17) is 14.2 Å². The number of fused-ring (bicyclic) bond motifs is 1. The number of amides is 1. The molecule has 2 aromatic heterocycles. The summed E-state index contributed by atoms with van der Waals surface area (Å²) in [5.74, 6) is -1.48. The molecule has 1 aliphatic rings.